The van der Waals surface area contributed by atoms with Crippen molar-refractivity contribution in [1.82, 2.24) is 19.7 Å². The fourth-order valence-corrected chi connectivity index (χ4v) is 3.21. The van der Waals surface area contributed by atoms with Crippen LogP contribution in [0.3, 0.4) is 0 Å². The average Bonchev–Trinajstić information content (AvgIpc) is 2.97. The molecule has 2 aromatic heterocycles. The van der Waals surface area contributed by atoms with Crippen LogP contribution in [0, 0.1) is 11.8 Å². The molecule has 0 aliphatic rings. The van der Waals surface area contributed by atoms with Gasteiger partial charge in [0.2, 0.25) is 5.95 Å². The quantitative estimate of drug-likeness (QED) is 0.686. The molecule has 0 unspecified atom stereocenters. The van der Waals surface area contributed by atoms with Gasteiger partial charge in [-0.2, -0.15) is 9.49 Å². The molecule has 0 saturated carbocycles. The van der Waals surface area contributed by atoms with Gasteiger partial charge in [-0.15, -0.1) is 0 Å². The van der Waals surface area contributed by atoms with Gasteiger partial charge in [0.1, 0.15) is 16.5 Å². The zero-order chi connectivity index (χ0) is 18.7. The molecule has 2 heterocycles. The number of nitrogens with zero attached hydrogens (tertiary/aromatic N) is 4. The number of carboxylic acid groups (broad SMARTS) is 1. The first-order valence-corrected chi connectivity index (χ1v) is 8.33. The van der Waals surface area contributed by atoms with E-state index in [0.29, 0.717) is 15.6 Å². The lowest BCUT2D eigenvalue weighted by molar-refractivity contribution is 0.153. The summed E-state index contributed by atoms with van der Waals surface area (Å²) < 4.78 is 28.9. The van der Waals surface area contributed by atoms with Crippen LogP contribution in [-0.4, -0.2) is 37.9 Å². The summed E-state index contributed by atoms with van der Waals surface area (Å²) in [6, 6.07) is 10.7. The molecule has 0 radical (unpaired) electrons. The predicted molar refractivity (Wildman–Crippen MR) is 91.3 cm³/mol. The SMILES string of the molecule is CN(Cc1cc(Sc2cccc(F)c2)n(-c2cccnc2F)n1)C(=O)O. The number of hydrogen-bond acceptors (Lipinski definition) is 4. The second-order valence-electron chi connectivity index (χ2n) is 5.40. The molecule has 0 fully saturated rings. The highest BCUT2D eigenvalue weighted by molar-refractivity contribution is 7.99. The van der Waals surface area contributed by atoms with E-state index in [0.717, 1.165) is 4.90 Å². The standard InChI is InChI=1S/C17H14F2N4O2S/c1-22(17(24)25)10-12-9-15(26-13-5-2-4-11(18)8-13)23(21-12)14-6-3-7-20-16(14)19/h2-9H,10H2,1H3,(H,24,25). The van der Waals surface area contributed by atoms with Crippen molar-refractivity contribution < 1.29 is 18.7 Å². The highest BCUT2D eigenvalue weighted by atomic mass is 32.2. The summed E-state index contributed by atoms with van der Waals surface area (Å²) in [6.45, 7) is 0.0287. The maximum atomic E-state index is 14.1. The van der Waals surface area contributed by atoms with Gasteiger partial charge < -0.3 is 10.0 Å². The second-order valence-corrected chi connectivity index (χ2v) is 6.49. The van der Waals surface area contributed by atoms with Crippen molar-refractivity contribution >= 4 is 17.9 Å². The Morgan fingerprint density at radius 2 is 2.08 bits per heavy atom. The van der Waals surface area contributed by atoms with Crippen LogP contribution in [0.15, 0.2) is 58.6 Å². The Bertz CT molecular complexity index is 948. The van der Waals surface area contributed by atoms with Gasteiger partial charge in [0.15, 0.2) is 0 Å². The van der Waals surface area contributed by atoms with E-state index in [9.17, 15) is 13.6 Å². The minimum absolute atomic E-state index is 0.0287. The van der Waals surface area contributed by atoms with Gasteiger partial charge >= 0.3 is 6.09 Å². The smallest absolute Gasteiger partial charge is 0.407 e. The summed E-state index contributed by atoms with van der Waals surface area (Å²) in [5.74, 6) is -1.10. The Morgan fingerprint density at radius 3 is 2.77 bits per heavy atom. The maximum absolute atomic E-state index is 14.1. The van der Waals surface area contributed by atoms with Gasteiger partial charge in [-0.25, -0.2) is 18.9 Å². The van der Waals surface area contributed by atoms with Gasteiger partial charge in [0.25, 0.3) is 0 Å². The maximum Gasteiger partial charge on any atom is 0.407 e. The zero-order valence-corrected chi connectivity index (χ0v) is 14.5. The van der Waals surface area contributed by atoms with Gasteiger partial charge in [0, 0.05) is 18.1 Å². The molecule has 1 aromatic carbocycles. The van der Waals surface area contributed by atoms with Gasteiger partial charge in [-0.05, 0) is 36.4 Å². The summed E-state index contributed by atoms with van der Waals surface area (Å²) in [4.78, 5) is 16.3. The van der Waals surface area contributed by atoms with Gasteiger partial charge in [-0.3, -0.25) is 0 Å². The molecule has 0 aliphatic heterocycles. The number of aromatic nitrogens is 3. The monoisotopic (exact) mass is 376 g/mol. The van der Waals surface area contributed by atoms with Crippen molar-refractivity contribution in [2.75, 3.05) is 7.05 Å². The molecule has 1 N–H and O–H groups in total. The second kappa shape index (κ2) is 7.52. The third kappa shape index (κ3) is 3.99. The first-order chi connectivity index (χ1) is 12.4. The number of amides is 1. The van der Waals surface area contributed by atoms with Crippen LogP contribution in [0.5, 0.6) is 0 Å². The Morgan fingerprint density at radius 1 is 1.27 bits per heavy atom. The molecule has 9 heteroatoms. The van der Waals surface area contributed by atoms with Crippen LogP contribution in [0.4, 0.5) is 13.6 Å². The van der Waals surface area contributed by atoms with Gasteiger partial charge in [0.05, 0.1) is 12.2 Å². The Labute approximate surface area is 152 Å². The number of carbonyl (C=O) groups is 1. The zero-order valence-electron chi connectivity index (χ0n) is 13.6. The third-order valence-corrected chi connectivity index (χ3v) is 4.43. The van der Waals surface area contributed by atoms with Crippen molar-refractivity contribution in [2.45, 2.75) is 16.5 Å². The Balaban J connectivity index is 2.01. The summed E-state index contributed by atoms with van der Waals surface area (Å²) in [6.07, 6.45) is 0.215. The van der Waals surface area contributed by atoms with Crippen LogP contribution in [0.2, 0.25) is 0 Å². The van der Waals surface area contributed by atoms with Crippen LogP contribution >= 0.6 is 11.8 Å². The van der Waals surface area contributed by atoms with Gasteiger partial charge in [-0.1, -0.05) is 17.8 Å². The minimum Gasteiger partial charge on any atom is -0.465 e. The van der Waals surface area contributed by atoms with E-state index in [4.69, 9.17) is 5.11 Å². The summed E-state index contributed by atoms with van der Waals surface area (Å²) in [5.41, 5.74) is 0.549. The van der Waals surface area contributed by atoms with Crippen LogP contribution in [0.25, 0.3) is 5.69 Å². The van der Waals surface area contributed by atoms with E-state index in [1.807, 2.05) is 0 Å². The van der Waals surface area contributed by atoms with Crippen molar-refractivity contribution in [3.63, 3.8) is 0 Å². The molecule has 1 amide bonds. The fourth-order valence-electron chi connectivity index (χ4n) is 2.23. The average molecular weight is 376 g/mol. The van der Waals surface area contributed by atoms with E-state index < -0.39 is 12.0 Å². The lowest BCUT2D eigenvalue weighted by Crippen LogP contribution is -2.24. The molecule has 0 atom stereocenters. The molecule has 26 heavy (non-hydrogen) atoms. The highest BCUT2D eigenvalue weighted by Gasteiger charge is 2.17. The van der Waals surface area contributed by atoms with E-state index in [1.54, 1.807) is 24.3 Å². The lowest BCUT2D eigenvalue weighted by atomic mass is 10.4. The number of pyridine rings is 1. The number of hydrogen-bond donors (Lipinski definition) is 1. The topological polar surface area (TPSA) is 71.2 Å². The third-order valence-electron chi connectivity index (χ3n) is 3.44. The molecule has 6 nitrogen and oxygen atoms in total. The molecular formula is C17H14F2N4O2S. The van der Waals surface area contributed by atoms with E-state index in [2.05, 4.69) is 10.1 Å². The number of halogens is 2. The van der Waals surface area contributed by atoms with Crippen molar-refractivity contribution in [1.29, 1.82) is 0 Å². The number of benzene rings is 1. The van der Waals surface area contributed by atoms with Crippen LogP contribution in [-0.2, 0) is 6.54 Å². The van der Waals surface area contributed by atoms with Crippen molar-refractivity contribution in [2.24, 2.45) is 0 Å². The highest BCUT2D eigenvalue weighted by Crippen LogP contribution is 2.31. The number of rotatable bonds is 5. The van der Waals surface area contributed by atoms with E-state index in [1.165, 1.54) is 47.9 Å². The van der Waals surface area contributed by atoms with E-state index >= 15 is 0 Å². The normalized spacial score (nSPS) is 10.7. The first-order valence-electron chi connectivity index (χ1n) is 7.51. The van der Waals surface area contributed by atoms with E-state index in [-0.39, 0.29) is 18.0 Å². The first kappa shape index (κ1) is 17.9. The minimum atomic E-state index is -1.11. The molecule has 3 rings (SSSR count). The molecule has 0 aliphatic carbocycles. The fraction of sp³-hybridized carbons (Fsp3) is 0.118. The van der Waals surface area contributed by atoms with Crippen molar-refractivity contribution in [3.8, 4) is 5.69 Å². The summed E-state index contributed by atoms with van der Waals surface area (Å²) >= 11 is 1.19. The molecular weight excluding hydrogens is 362 g/mol. The van der Waals surface area contributed by atoms with Crippen LogP contribution in [0.1, 0.15) is 5.69 Å². The summed E-state index contributed by atoms with van der Waals surface area (Å²) in [5, 5.41) is 13.8. The largest absolute Gasteiger partial charge is 0.465 e. The predicted octanol–water partition coefficient (Wildman–Crippen LogP) is 3.81. The lowest BCUT2D eigenvalue weighted by Gasteiger charge is -2.10. The molecule has 3 aromatic rings. The molecule has 0 bridgehead atoms. The van der Waals surface area contributed by atoms with Crippen LogP contribution < -0.4 is 0 Å². The molecule has 134 valence electrons. The van der Waals surface area contributed by atoms with Crippen molar-refractivity contribution in [3.05, 3.63) is 66.1 Å². The molecule has 0 saturated heterocycles. The Kier molecular flexibility index (Phi) is 5.17. The summed E-state index contributed by atoms with van der Waals surface area (Å²) in [7, 11) is 1.41. The molecule has 0 spiro atoms. The Hall–Kier alpha value is -2.94.